The molecule has 1 nitrogen and oxygen atoms in total. The lowest BCUT2D eigenvalue weighted by molar-refractivity contribution is 0.285. The number of hydrogen-bond acceptors (Lipinski definition) is 3. The summed E-state index contributed by atoms with van der Waals surface area (Å²) >= 11 is 3.43. The largest absolute Gasteiger partial charge is 0.391 e. The van der Waals surface area contributed by atoms with Crippen LogP contribution in [-0.2, 0) is 6.61 Å². The van der Waals surface area contributed by atoms with Crippen LogP contribution in [0.25, 0.3) is 20.2 Å². The normalized spacial score (nSPS) is 11.5. The van der Waals surface area contributed by atoms with E-state index in [1.54, 1.807) is 22.7 Å². The van der Waals surface area contributed by atoms with Crippen molar-refractivity contribution in [2.45, 2.75) is 6.61 Å². The highest BCUT2D eigenvalue weighted by atomic mass is 32.1. The molecular formula is C11H8OS2. The van der Waals surface area contributed by atoms with Gasteiger partial charge < -0.3 is 5.11 Å². The van der Waals surface area contributed by atoms with E-state index >= 15 is 0 Å². The average Bonchev–Trinajstić information content (AvgIpc) is 2.77. The second-order valence-corrected chi connectivity index (χ2v) is 5.34. The summed E-state index contributed by atoms with van der Waals surface area (Å²) in [4.78, 5) is 1.04. The van der Waals surface area contributed by atoms with Crippen LogP contribution in [-0.4, -0.2) is 5.11 Å². The average molecular weight is 220 g/mol. The fraction of sp³-hybridized carbons (Fsp3) is 0.0909. The quantitative estimate of drug-likeness (QED) is 0.664. The van der Waals surface area contributed by atoms with Crippen molar-refractivity contribution in [3.05, 3.63) is 34.5 Å². The standard InChI is InChI=1S/C11H8OS2/c12-6-9-3-8-5-10-7(1-2-13-10)4-11(8)14-9/h1-5,12H,6H2. The van der Waals surface area contributed by atoms with Crippen molar-refractivity contribution in [3.8, 4) is 0 Å². The molecule has 0 amide bonds. The van der Waals surface area contributed by atoms with E-state index in [1.807, 2.05) is 0 Å². The molecule has 1 aromatic carbocycles. The first-order valence-electron chi connectivity index (χ1n) is 4.37. The Hall–Kier alpha value is -0.900. The summed E-state index contributed by atoms with van der Waals surface area (Å²) in [5.41, 5.74) is 0. The number of fused-ring (bicyclic) bond motifs is 2. The van der Waals surface area contributed by atoms with Gasteiger partial charge in [-0.05, 0) is 40.4 Å². The van der Waals surface area contributed by atoms with Gasteiger partial charge in [0.2, 0.25) is 0 Å². The van der Waals surface area contributed by atoms with Gasteiger partial charge in [0.05, 0.1) is 6.61 Å². The Bertz CT molecular complexity index is 543. The highest BCUT2D eigenvalue weighted by molar-refractivity contribution is 7.20. The molecule has 0 saturated carbocycles. The molecule has 0 saturated heterocycles. The minimum absolute atomic E-state index is 0.146. The summed E-state index contributed by atoms with van der Waals surface area (Å²) in [7, 11) is 0. The van der Waals surface area contributed by atoms with Gasteiger partial charge in [-0.15, -0.1) is 22.7 Å². The summed E-state index contributed by atoms with van der Waals surface area (Å²) in [6.45, 7) is 0.146. The van der Waals surface area contributed by atoms with E-state index < -0.39 is 0 Å². The summed E-state index contributed by atoms with van der Waals surface area (Å²) in [6, 6.07) is 8.60. The van der Waals surface area contributed by atoms with E-state index in [1.165, 1.54) is 20.2 Å². The minimum atomic E-state index is 0.146. The highest BCUT2D eigenvalue weighted by Crippen LogP contribution is 2.32. The zero-order chi connectivity index (χ0) is 9.54. The van der Waals surface area contributed by atoms with Crippen LogP contribution in [0.1, 0.15) is 4.88 Å². The first kappa shape index (κ1) is 8.41. The Morgan fingerprint density at radius 2 is 1.93 bits per heavy atom. The number of aliphatic hydroxyl groups excluding tert-OH is 1. The van der Waals surface area contributed by atoms with E-state index in [9.17, 15) is 0 Å². The van der Waals surface area contributed by atoms with Crippen molar-refractivity contribution in [2.75, 3.05) is 0 Å². The molecule has 2 aromatic heterocycles. The van der Waals surface area contributed by atoms with Gasteiger partial charge in [-0.25, -0.2) is 0 Å². The van der Waals surface area contributed by atoms with Crippen LogP contribution in [0.15, 0.2) is 29.6 Å². The van der Waals surface area contributed by atoms with Gasteiger partial charge in [0.25, 0.3) is 0 Å². The third-order valence-electron chi connectivity index (χ3n) is 2.30. The lowest BCUT2D eigenvalue weighted by Gasteiger charge is -1.89. The Kier molecular flexibility index (Phi) is 1.83. The highest BCUT2D eigenvalue weighted by Gasteiger charge is 2.03. The molecule has 1 N–H and O–H groups in total. The van der Waals surface area contributed by atoms with Gasteiger partial charge in [-0.1, -0.05) is 0 Å². The van der Waals surface area contributed by atoms with Gasteiger partial charge in [0, 0.05) is 14.3 Å². The molecule has 3 rings (SSSR count). The van der Waals surface area contributed by atoms with E-state index in [-0.39, 0.29) is 6.61 Å². The molecule has 0 radical (unpaired) electrons. The minimum Gasteiger partial charge on any atom is -0.391 e. The van der Waals surface area contributed by atoms with Crippen LogP contribution in [0.5, 0.6) is 0 Å². The van der Waals surface area contributed by atoms with Crippen molar-refractivity contribution in [3.63, 3.8) is 0 Å². The number of thiophene rings is 2. The number of rotatable bonds is 1. The van der Waals surface area contributed by atoms with Crippen molar-refractivity contribution in [1.29, 1.82) is 0 Å². The molecular weight excluding hydrogens is 212 g/mol. The first-order chi connectivity index (χ1) is 6.86. The maximum Gasteiger partial charge on any atom is 0.0774 e. The molecule has 0 spiro atoms. The molecule has 0 unspecified atom stereocenters. The van der Waals surface area contributed by atoms with Crippen molar-refractivity contribution >= 4 is 42.8 Å². The molecule has 14 heavy (non-hydrogen) atoms. The fourth-order valence-electron chi connectivity index (χ4n) is 1.63. The van der Waals surface area contributed by atoms with Crippen LogP contribution >= 0.6 is 22.7 Å². The van der Waals surface area contributed by atoms with Crippen LogP contribution < -0.4 is 0 Å². The van der Waals surface area contributed by atoms with Gasteiger partial charge in [0.1, 0.15) is 0 Å². The predicted octanol–water partition coefficient (Wildman–Crippen LogP) is 3.61. The lowest BCUT2D eigenvalue weighted by atomic mass is 10.2. The van der Waals surface area contributed by atoms with Gasteiger partial charge >= 0.3 is 0 Å². The van der Waals surface area contributed by atoms with E-state index in [0.717, 1.165) is 4.88 Å². The molecule has 0 fully saturated rings. The van der Waals surface area contributed by atoms with Crippen LogP contribution in [0.2, 0.25) is 0 Å². The Morgan fingerprint density at radius 1 is 1.07 bits per heavy atom. The maximum absolute atomic E-state index is 9.04. The molecule has 0 atom stereocenters. The van der Waals surface area contributed by atoms with Crippen molar-refractivity contribution < 1.29 is 5.11 Å². The van der Waals surface area contributed by atoms with Gasteiger partial charge in [-0.2, -0.15) is 0 Å². The molecule has 3 aromatic rings. The number of benzene rings is 1. The van der Waals surface area contributed by atoms with Crippen LogP contribution in [0.4, 0.5) is 0 Å². The van der Waals surface area contributed by atoms with E-state index in [0.29, 0.717) is 0 Å². The maximum atomic E-state index is 9.04. The molecule has 0 aliphatic carbocycles. The second-order valence-electron chi connectivity index (χ2n) is 3.22. The third-order valence-corrected chi connectivity index (χ3v) is 4.26. The fourth-order valence-corrected chi connectivity index (χ4v) is 3.40. The lowest BCUT2D eigenvalue weighted by Crippen LogP contribution is -1.70. The molecule has 0 bridgehead atoms. The summed E-state index contributed by atoms with van der Waals surface area (Å²) in [5.74, 6) is 0. The number of hydrogen-bond donors (Lipinski definition) is 1. The predicted molar refractivity (Wildman–Crippen MR) is 63.1 cm³/mol. The number of aliphatic hydroxyl groups is 1. The van der Waals surface area contributed by atoms with Crippen LogP contribution in [0, 0.1) is 0 Å². The zero-order valence-electron chi connectivity index (χ0n) is 7.36. The topological polar surface area (TPSA) is 20.2 Å². The van der Waals surface area contributed by atoms with E-state index in [2.05, 4.69) is 29.6 Å². The van der Waals surface area contributed by atoms with Gasteiger partial charge in [-0.3, -0.25) is 0 Å². The molecule has 3 heteroatoms. The van der Waals surface area contributed by atoms with E-state index in [4.69, 9.17) is 5.11 Å². The SMILES string of the molecule is OCc1cc2cc3sccc3cc2s1. The summed E-state index contributed by atoms with van der Waals surface area (Å²) in [5, 5.41) is 13.7. The molecule has 2 heterocycles. The van der Waals surface area contributed by atoms with Gasteiger partial charge in [0.15, 0.2) is 0 Å². The Labute approximate surface area is 89.2 Å². The monoisotopic (exact) mass is 220 g/mol. The van der Waals surface area contributed by atoms with Crippen LogP contribution in [0.3, 0.4) is 0 Å². The first-order valence-corrected chi connectivity index (χ1v) is 6.07. The molecule has 70 valence electrons. The Balaban J connectivity index is 2.40. The smallest absolute Gasteiger partial charge is 0.0774 e. The van der Waals surface area contributed by atoms with Crippen molar-refractivity contribution in [2.24, 2.45) is 0 Å². The summed E-state index contributed by atoms with van der Waals surface area (Å²) < 4.78 is 2.58. The molecule has 0 aliphatic heterocycles. The Morgan fingerprint density at radius 3 is 2.79 bits per heavy atom. The zero-order valence-corrected chi connectivity index (χ0v) is 8.99. The van der Waals surface area contributed by atoms with Crippen molar-refractivity contribution in [1.82, 2.24) is 0 Å². The summed E-state index contributed by atoms with van der Waals surface area (Å²) in [6.07, 6.45) is 0. The third kappa shape index (κ3) is 1.17. The second kappa shape index (κ2) is 3.05. The molecule has 0 aliphatic rings.